The zero-order chi connectivity index (χ0) is 17.2. The standard InChI is InChI=1S/C15H13NO7/c17-12-8-15(21,14(19)20)7-10(13(12)18)5-4-9-2-1-3-11(6-9)16(22)23/h1-3,6-7,12-13,17-18,21H,8H2,(H,19,20)/t12-,13-,15+/m1/s1. The first-order valence-electron chi connectivity index (χ1n) is 6.54. The number of nitro groups is 1. The van der Waals surface area contributed by atoms with Crippen LogP contribution in [0.15, 0.2) is 35.9 Å². The second-order valence-corrected chi connectivity index (χ2v) is 5.10. The molecule has 2 rings (SSSR count). The molecule has 1 aromatic carbocycles. The number of aliphatic hydroxyl groups excluding tert-OH is 2. The SMILES string of the molecule is O=C(O)[C@]1(O)C=C(C#Cc2cccc([N+](=O)[O-])c2)[C@@H](O)[C@H](O)C1. The van der Waals surface area contributed by atoms with Gasteiger partial charge in [0, 0.05) is 29.7 Å². The summed E-state index contributed by atoms with van der Waals surface area (Å²) in [6.07, 6.45) is -2.63. The van der Waals surface area contributed by atoms with Crippen molar-refractivity contribution in [1.82, 2.24) is 0 Å². The van der Waals surface area contributed by atoms with Crippen molar-refractivity contribution in [1.29, 1.82) is 0 Å². The molecule has 0 fully saturated rings. The van der Waals surface area contributed by atoms with E-state index in [1.54, 1.807) is 0 Å². The van der Waals surface area contributed by atoms with Gasteiger partial charge in [-0.15, -0.1) is 0 Å². The number of carboxylic acids is 1. The van der Waals surface area contributed by atoms with Crippen molar-refractivity contribution in [2.45, 2.75) is 24.2 Å². The van der Waals surface area contributed by atoms with Gasteiger partial charge in [0.1, 0.15) is 6.10 Å². The van der Waals surface area contributed by atoms with E-state index in [0.717, 1.165) is 6.08 Å². The van der Waals surface area contributed by atoms with Gasteiger partial charge in [-0.25, -0.2) is 4.79 Å². The summed E-state index contributed by atoms with van der Waals surface area (Å²) in [4.78, 5) is 21.2. The number of benzene rings is 1. The van der Waals surface area contributed by atoms with E-state index >= 15 is 0 Å². The minimum atomic E-state index is -2.33. The van der Waals surface area contributed by atoms with Crippen LogP contribution in [0, 0.1) is 22.0 Å². The van der Waals surface area contributed by atoms with E-state index in [1.807, 2.05) is 0 Å². The lowest BCUT2D eigenvalue weighted by molar-refractivity contribution is -0.384. The van der Waals surface area contributed by atoms with Crippen molar-refractivity contribution in [2.24, 2.45) is 0 Å². The Morgan fingerprint density at radius 3 is 2.65 bits per heavy atom. The molecule has 0 heterocycles. The van der Waals surface area contributed by atoms with Gasteiger partial charge in [0.15, 0.2) is 5.60 Å². The molecule has 0 amide bonds. The van der Waals surface area contributed by atoms with Crippen LogP contribution in [-0.2, 0) is 4.79 Å². The normalized spacial score (nSPS) is 26.7. The number of rotatable bonds is 2. The van der Waals surface area contributed by atoms with Gasteiger partial charge < -0.3 is 20.4 Å². The number of aliphatic hydroxyl groups is 3. The number of aliphatic carboxylic acids is 1. The Hall–Kier alpha value is -2.73. The number of carbonyl (C=O) groups is 1. The average molecular weight is 319 g/mol. The highest BCUT2D eigenvalue weighted by Gasteiger charge is 2.43. The Balaban J connectivity index is 2.38. The Bertz CT molecular complexity index is 746. The zero-order valence-electron chi connectivity index (χ0n) is 11.7. The highest BCUT2D eigenvalue weighted by atomic mass is 16.6. The number of hydrogen-bond acceptors (Lipinski definition) is 6. The van der Waals surface area contributed by atoms with E-state index in [4.69, 9.17) is 5.11 Å². The first kappa shape index (κ1) is 16.6. The average Bonchev–Trinajstić information content (AvgIpc) is 2.49. The quantitative estimate of drug-likeness (QED) is 0.336. The van der Waals surface area contributed by atoms with E-state index in [2.05, 4.69) is 11.8 Å². The number of non-ortho nitro benzene ring substituents is 1. The zero-order valence-corrected chi connectivity index (χ0v) is 11.7. The van der Waals surface area contributed by atoms with E-state index in [-0.39, 0.29) is 16.8 Å². The summed E-state index contributed by atoms with van der Waals surface area (Å²) in [6.45, 7) is 0. The molecule has 0 saturated heterocycles. The van der Waals surface area contributed by atoms with Crippen LogP contribution in [0.4, 0.5) is 5.69 Å². The molecule has 0 bridgehead atoms. The minimum Gasteiger partial charge on any atom is -0.479 e. The van der Waals surface area contributed by atoms with Crippen LogP contribution >= 0.6 is 0 Å². The molecule has 23 heavy (non-hydrogen) atoms. The molecular formula is C15H13NO7. The first-order valence-corrected chi connectivity index (χ1v) is 6.54. The molecule has 1 aromatic rings. The summed E-state index contributed by atoms with van der Waals surface area (Å²) in [5.74, 6) is 3.42. The van der Waals surface area contributed by atoms with Gasteiger partial charge in [0.25, 0.3) is 5.69 Å². The van der Waals surface area contributed by atoms with Crippen LogP contribution in [0.2, 0.25) is 0 Å². The Morgan fingerprint density at radius 2 is 2.04 bits per heavy atom. The molecule has 0 aromatic heterocycles. The van der Waals surface area contributed by atoms with Crippen LogP contribution in [0.3, 0.4) is 0 Å². The van der Waals surface area contributed by atoms with Crippen LogP contribution in [-0.4, -0.2) is 49.1 Å². The molecule has 0 unspecified atom stereocenters. The van der Waals surface area contributed by atoms with Crippen LogP contribution in [0.1, 0.15) is 12.0 Å². The summed E-state index contributed by atoms with van der Waals surface area (Å²) in [5.41, 5.74) is -2.39. The molecule has 8 nitrogen and oxygen atoms in total. The van der Waals surface area contributed by atoms with Crippen molar-refractivity contribution in [3.05, 3.63) is 51.6 Å². The van der Waals surface area contributed by atoms with Crippen molar-refractivity contribution in [2.75, 3.05) is 0 Å². The molecule has 120 valence electrons. The molecule has 0 spiro atoms. The second kappa shape index (κ2) is 6.18. The molecule has 4 N–H and O–H groups in total. The minimum absolute atomic E-state index is 0.167. The van der Waals surface area contributed by atoms with E-state index in [0.29, 0.717) is 0 Å². The molecule has 1 aliphatic carbocycles. The van der Waals surface area contributed by atoms with Gasteiger partial charge in [-0.3, -0.25) is 10.1 Å². The fraction of sp³-hybridized carbons (Fsp3) is 0.267. The third-order valence-electron chi connectivity index (χ3n) is 3.38. The van der Waals surface area contributed by atoms with Crippen molar-refractivity contribution >= 4 is 11.7 Å². The highest BCUT2D eigenvalue weighted by Crippen LogP contribution is 2.27. The highest BCUT2D eigenvalue weighted by molar-refractivity contribution is 5.81. The number of nitrogens with zero attached hydrogens (tertiary/aromatic N) is 1. The molecule has 0 aliphatic heterocycles. The molecule has 1 aliphatic rings. The third kappa shape index (κ3) is 3.54. The van der Waals surface area contributed by atoms with Crippen molar-refractivity contribution in [3.63, 3.8) is 0 Å². The lowest BCUT2D eigenvalue weighted by Crippen LogP contribution is -2.47. The number of nitro benzene ring substituents is 1. The number of carboxylic acid groups (broad SMARTS) is 1. The van der Waals surface area contributed by atoms with Gasteiger partial charge in [0.05, 0.1) is 11.0 Å². The topological polar surface area (TPSA) is 141 Å². The van der Waals surface area contributed by atoms with E-state index in [9.17, 15) is 30.2 Å². The Kier molecular flexibility index (Phi) is 4.47. The molecule has 3 atom stereocenters. The Labute approximate surface area is 130 Å². The predicted octanol–water partition coefficient (Wildman–Crippen LogP) is -0.186. The molecule has 8 heteroatoms. The lowest BCUT2D eigenvalue weighted by Gasteiger charge is -2.31. The fourth-order valence-corrected chi connectivity index (χ4v) is 2.14. The maximum Gasteiger partial charge on any atom is 0.339 e. The molecular weight excluding hydrogens is 306 g/mol. The van der Waals surface area contributed by atoms with Gasteiger partial charge in [-0.05, 0) is 12.1 Å². The van der Waals surface area contributed by atoms with Gasteiger partial charge in [0.2, 0.25) is 0 Å². The smallest absolute Gasteiger partial charge is 0.339 e. The third-order valence-corrected chi connectivity index (χ3v) is 3.38. The fourth-order valence-electron chi connectivity index (χ4n) is 2.14. The van der Waals surface area contributed by atoms with Crippen LogP contribution in [0.25, 0.3) is 0 Å². The van der Waals surface area contributed by atoms with Gasteiger partial charge in [-0.1, -0.05) is 17.9 Å². The summed E-state index contributed by atoms with van der Waals surface area (Å²) in [5, 5.41) is 49.1. The van der Waals surface area contributed by atoms with Crippen LogP contribution < -0.4 is 0 Å². The summed E-state index contributed by atoms with van der Waals surface area (Å²) in [7, 11) is 0. The molecule has 0 radical (unpaired) electrons. The maximum absolute atomic E-state index is 11.1. The Morgan fingerprint density at radius 1 is 1.35 bits per heavy atom. The first-order chi connectivity index (χ1) is 10.7. The van der Waals surface area contributed by atoms with E-state index < -0.39 is 35.1 Å². The second-order valence-electron chi connectivity index (χ2n) is 5.10. The van der Waals surface area contributed by atoms with E-state index in [1.165, 1.54) is 24.3 Å². The summed E-state index contributed by atoms with van der Waals surface area (Å²) >= 11 is 0. The van der Waals surface area contributed by atoms with Gasteiger partial charge in [-0.2, -0.15) is 0 Å². The van der Waals surface area contributed by atoms with Crippen molar-refractivity contribution < 1.29 is 30.1 Å². The number of hydrogen-bond donors (Lipinski definition) is 4. The summed E-state index contributed by atoms with van der Waals surface area (Å²) < 4.78 is 0. The summed E-state index contributed by atoms with van der Waals surface area (Å²) in [6, 6.07) is 5.42. The van der Waals surface area contributed by atoms with Crippen LogP contribution in [0.5, 0.6) is 0 Å². The lowest BCUT2D eigenvalue weighted by atomic mass is 9.83. The van der Waals surface area contributed by atoms with Crippen molar-refractivity contribution in [3.8, 4) is 11.8 Å². The predicted molar refractivity (Wildman–Crippen MR) is 77.3 cm³/mol. The maximum atomic E-state index is 11.1. The largest absolute Gasteiger partial charge is 0.479 e. The van der Waals surface area contributed by atoms with Gasteiger partial charge >= 0.3 is 5.97 Å². The monoisotopic (exact) mass is 319 g/mol. The molecule has 0 saturated carbocycles.